The van der Waals surface area contributed by atoms with Crippen LogP contribution < -0.4 is 0 Å². The van der Waals surface area contributed by atoms with Crippen molar-refractivity contribution in [1.29, 1.82) is 0 Å². The van der Waals surface area contributed by atoms with E-state index in [2.05, 4.69) is 48.5 Å². The molecule has 0 bridgehead atoms. The minimum absolute atomic E-state index is 0.557. The predicted molar refractivity (Wildman–Crippen MR) is 188 cm³/mol. The fourth-order valence-corrected chi connectivity index (χ4v) is 11.6. The fraction of sp³-hybridized carbons (Fsp3) is 1.00. The molecule has 1 nitrogen and oxygen atoms in total. The van der Waals surface area contributed by atoms with E-state index in [1.807, 2.05) is 0 Å². The Balaban J connectivity index is 1.14. The first-order chi connectivity index (χ1) is 20.7. The number of hydrogen-bond donors (Lipinski definition) is 0. The molecule has 0 amide bonds. The van der Waals surface area contributed by atoms with Gasteiger partial charge in [-0.15, -0.1) is 0 Å². The van der Waals surface area contributed by atoms with Crippen molar-refractivity contribution in [3.8, 4) is 0 Å². The lowest BCUT2D eigenvalue weighted by atomic mass is 9.44. The van der Waals surface area contributed by atoms with E-state index >= 15 is 0 Å². The van der Waals surface area contributed by atoms with E-state index in [1.165, 1.54) is 148 Å². The molecule has 4 fully saturated rings. The number of ether oxygens (including phenoxy) is 1. The monoisotopic (exact) mass is 599 g/mol. The van der Waals surface area contributed by atoms with Crippen LogP contribution in [-0.2, 0) is 4.74 Å². The van der Waals surface area contributed by atoms with Crippen molar-refractivity contribution in [3.63, 3.8) is 0 Å². The first-order valence-corrected chi connectivity index (χ1v) is 20.3. The summed E-state index contributed by atoms with van der Waals surface area (Å²) < 4.78 is 6.58. The molecular formula is C42H78O. The second-order valence-corrected chi connectivity index (χ2v) is 17.8. The SMILES string of the molecule is CCCCCCCCCCCCCCO[C@H]1CC[C@@]2(C)[C@H](CC[C@@H]3[C@@H]2CC[C@]2(C)[C@@H]([C@H](C)CC[C@@H](C)C(C)C)CC[C@@H]32)C1. The third kappa shape index (κ3) is 9.07. The van der Waals surface area contributed by atoms with Crippen LogP contribution in [0.3, 0.4) is 0 Å². The van der Waals surface area contributed by atoms with Gasteiger partial charge in [-0.2, -0.15) is 0 Å². The molecule has 252 valence electrons. The zero-order valence-corrected chi connectivity index (χ0v) is 30.6. The van der Waals surface area contributed by atoms with E-state index in [0.29, 0.717) is 16.9 Å². The molecule has 4 aliphatic carbocycles. The Morgan fingerprint density at radius 2 is 1.23 bits per heavy atom. The van der Waals surface area contributed by atoms with Crippen LogP contribution in [-0.4, -0.2) is 12.7 Å². The van der Waals surface area contributed by atoms with E-state index in [4.69, 9.17) is 4.74 Å². The van der Waals surface area contributed by atoms with Gasteiger partial charge < -0.3 is 4.74 Å². The van der Waals surface area contributed by atoms with Crippen molar-refractivity contribution in [1.82, 2.24) is 0 Å². The zero-order chi connectivity index (χ0) is 30.9. The van der Waals surface area contributed by atoms with Gasteiger partial charge >= 0.3 is 0 Å². The van der Waals surface area contributed by atoms with Gasteiger partial charge in [-0.05, 0) is 122 Å². The van der Waals surface area contributed by atoms with Crippen LogP contribution in [0.4, 0.5) is 0 Å². The van der Waals surface area contributed by atoms with Crippen molar-refractivity contribution in [3.05, 3.63) is 0 Å². The molecule has 0 aromatic heterocycles. The second-order valence-electron chi connectivity index (χ2n) is 17.8. The van der Waals surface area contributed by atoms with Crippen LogP contribution in [0.1, 0.15) is 196 Å². The zero-order valence-electron chi connectivity index (χ0n) is 30.6. The molecule has 43 heavy (non-hydrogen) atoms. The van der Waals surface area contributed by atoms with Crippen LogP contribution in [0, 0.1) is 58.2 Å². The van der Waals surface area contributed by atoms with Gasteiger partial charge in [0, 0.05) is 6.61 Å². The Morgan fingerprint density at radius 1 is 0.628 bits per heavy atom. The molecule has 4 aliphatic rings. The molecular weight excluding hydrogens is 520 g/mol. The summed E-state index contributed by atoms with van der Waals surface area (Å²) in [7, 11) is 0. The van der Waals surface area contributed by atoms with Gasteiger partial charge in [0.1, 0.15) is 0 Å². The number of fused-ring (bicyclic) bond motifs is 5. The highest BCUT2D eigenvalue weighted by Crippen LogP contribution is 2.68. The molecule has 1 heteroatoms. The number of hydrogen-bond acceptors (Lipinski definition) is 1. The number of rotatable bonds is 19. The smallest absolute Gasteiger partial charge is 0.0578 e. The normalized spacial score (nSPS) is 37.1. The molecule has 0 aromatic rings. The fourth-order valence-electron chi connectivity index (χ4n) is 11.6. The minimum atomic E-state index is 0.557. The molecule has 0 aromatic carbocycles. The summed E-state index contributed by atoms with van der Waals surface area (Å²) in [5.74, 6) is 7.56. The Labute approximate surface area is 271 Å². The largest absolute Gasteiger partial charge is 0.378 e. The van der Waals surface area contributed by atoms with Crippen molar-refractivity contribution in [2.75, 3.05) is 6.61 Å². The van der Waals surface area contributed by atoms with Crippen molar-refractivity contribution >= 4 is 0 Å². The molecule has 0 aliphatic heterocycles. The summed E-state index contributed by atoms with van der Waals surface area (Å²) >= 11 is 0. The molecule has 0 spiro atoms. The molecule has 4 saturated carbocycles. The molecule has 4 rings (SSSR count). The number of unbranched alkanes of at least 4 members (excludes halogenated alkanes) is 11. The molecule has 0 saturated heterocycles. The average molecular weight is 599 g/mol. The third-order valence-corrected chi connectivity index (χ3v) is 14.9. The summed E-state index contributed by atoms with van der Waals surface area (Å²) in [6, 6.07) is 0. The van der Waals surface area contributed by atoms with Gasteiger partial charge in [0.25, 0.3) is 0 Å². The first kappa shape index (κ1) is 35.8. The Bertz CT molecular complexity index is 773. The van der Waals surface area contributed by atoms with Crippen LogP contribution in [0.25, 0.3) is 0 Å². The maximum atomic E-state index is 6.58. The third-order valence-electron chi connectivity index (χ3n) is 14.9. The molecule has 0 unspecified atom stereocenters. The highest BCUT2D eigenvalue weighted by Gasteiger charge is 2.60. The molecule has 0 heterocycles. The van der Waals surface area contributed by atoms with Gasteiger partial charge in [-0.3, -0.25) is 0 Å². The maximum Gasteiger partial charge on any atom is 0.0578 e. The molecule has 10 atom stereocenters. The summed E-state index contributed by atoms with van der Waals surface area (Å²) in [5, 5.41) is 0. The second kappa shape index (κ2) is 17.2. The Morgan fingerprint density at radius 3 is 1.88 bits per heavy atom. The van der Waals surface area contributed by atoms with Gasteiger partial charge in [0.2, 0.25) is 0 Å². The lowest BCUT2D eigenvalue weighted by Crippen LogP contribution is -2.54. The van der Waals surface area contributed by atoms with Crippen LogP contribution in [0.15, 0.2) is 0 Å². The lowest BCUT2D eigenvalue weighted by Gasteiger charge is -2.61. The summed E-state index contributed by atoms with van der Waals surface area (Å²) in [6.07, 6.45) is 33.8. The van der Waals surface area contributed by atoms with Crippen LogP contribution in [0.5, 0.6) is 0 Å². The van der Waals surface area contributed by atoms with Crippen LogP contribution in [0.2, 0.25) is 0 Å². The van der Waals surface area contributed by atoms with E-state index in [0.717, 1.165) is 54.0 Å². The Hall–Kier alpha value is -0.0400. The van der Waals surface area contributed by atoms with Gasteiger partial charge in [0.05, 0.1) is 6.10 Å². The standard InChI is InChI=1S/C42H78O/c1-8-9-10-11-12-13-14-15-16-17-18-19-30-43-36-26-28-41(6)35(31-36)22-23-37-39-25-24-38(42(39,7)29-27-40(37)41)34(5)21-20-33(4)32(2)3/h32-40H,8-31H2,1-7H3/t33-,34-,35-,36+,37+,38-,39+,40+,41+,42-/m1/s1. The average Bonchev–Trinajstić information content (AvgIpc) is 3.35. The predicted octanol–water partition coefficient (Wildman–Crippen LogP) is 13.4. The van der Waals surface area contributed by atoms with Crippen molar-refractivity contribution < 1.29 is 4.74 Å². The highest BCUT2D eigenvalue weighted by molar-refractivity contribution is 5.09. The summed E-state index contributed by atoms with van der Waals surface area (Å²) in [6.45, 7) is 18.8. The minimum Gasteiger partial charge on any atom is -0.378 e. The van der Waals surface area contributed by atoms with Crippen LogP contribution >= 0.6 is 0 Å². The highest BCUT2D eigenvalue weighted by atomic mass is 16.5. The van der Waals surface area contributed by atoms with Gasteiger partial charge in [-0.1, -0.05) is 132 Å². The lowest BCUT2D eigenvalue weighted by molar-refractivity contribution is -0.137. The quantitative estimate of drug-likeness (QED) is 0.134. The Kier molecular flexibility index (Phi) is 14.3. The summed E-state index contributed by atoms with van der Waals surface area (Å²) in [5.41, 5.74) is 1.22. The van der Waals surface area contributed by atoms with Crippen molar-refractivity contribution in [2.45, 2.75) is 202 Å². The molecule has 0 N–H and O–H groups in total. The maximum absolute atomic E-state index is 6.58. The van der Waals surface area contributed by atoms with E-state index in [1.54, 1.807) is 0 Å². The summed E-state index contributed by atoms with van der Waals surface area (Å²) in [4.78, 5) is 0. The van der Waals surface area contributed by atoms with E-state index < -0.39 is 0 Å². The topological polar surface area (TPSA) is 9.23 Å². The van der Waals surface area contributed by atoms with Crippen molar-refractivity contribution in [2.24, 2.45) is 58.2 Å². The van der Waals surface area contributed by atoms with E-state index in [9.17, 15) is 0 Å². The van der Waals surface area contributed by atoms with Gasteiger partial charge in [-0.25, -0.2) is 0 Å². The van der Waals surface area contributed by atoms with Gasteiger partial charge in [0.15, 0.2) is 0 Å². The first-order valence-electron chi connectivity index (χ1n) is 20.3. The van der Waals surface area contributed by atoms with E-state index in [-0.39, 0.29) is 0 Å². The molecule has 0 radical (unpaired) electrons.